The van der Waals surface area contributed by atoms with Crippen LogP contribution in [0.5, 0.6) is 5.75 Å². The van der Waals surface area contributed by atoms with Gasteiger partial charge in [-0.1, -0.05) is 36.4 Å². The molecular formula is C24H17N2O4S+. The van der Waals surface area contributed by atoms with Crippen molar-refractivity contribution in [3.63, 3.8) is 0 Å². The number of imidazole rings is 1. The van der Waals surface area contributed by atoms with Crippen molar-refractivity contribution in [3.05, 3.63) is 104 Å². The number of H-pyrrole nitrogens is 1. The Bertz CT molecular complexity index is 1520. The van der Waals surface area contributed by atoms with E-state index >= 15 is 0 Å². The summed E-state index contributed by atoms with van der Waals surface area (Å²) in [6.45, 7) is 0.340. The number of aromatic carboxylic acids is 1. The van der Waals surface area contributed by atoms with E-state index in [2.05, 4.69) is 4.98 Å². The van der Waals surface area contributed by atoms with Crippen molar-refractivity contribution in [1.29, 1.82) is 0 Å². The summed E-state index contributed by atoms with van der Waals surface area (Å²) in [5.74, 6) is -0.254. The van der Waals surface area contributed by atoms with Crippen molar-refractivity contribution >= 4 is 39.4 Å². The molecule has 3 aromatic carbocycles. The van der Waals surface area contributed by atoms with Gasteiger partial charge in [0.1, 0.15) is 16.9 Å². The molecule has 6 nitrogen and oxygen atoms in total. The lowest BCUT2D eigenvalue weighted by molar-refractivity contribution is -0.308. The van der Waals surface area contributed by atoms with Crippen molar-refractivity contribution in [3.8, 4) is 5.75 Å². The van der Waals surface area contributed by atoms with E-state index in [0.717, 1.165) is 27.1 Å². The predicted octanol–water partition coefficient (Wildman–Crippen LogP) is 3.15. The van der Waals surface area contributed by atoms with Crippen molar-refractivity contribution in [2.24, 2.45) is 0 Å². The Balaban J connectivity index is 1.35. The number of carboxylic acid groups (broad SMARTS) is 1. The lowest BCUT2D eigenvalue weighted by Gasteiger charge is -2.07. The topological polar surface area (TPSA) is 82.2 Å². The Hall–Kier alpha value is -3.97. The summed E-state index contributed by atoms with van der Waals surface area (Å²) in [4.78, 5) is 27.9. The van der Waals surface area contributed by atoms with Gasteiger partial charge in [-0.15, -0.1) is 4.40 Å². The van der Waals surface area contributed by atoms with Crippen LogP contribution in [0.1, 0.15) is 21.5 Å². The number of para-hydroxylation sites is 2. The lowest BCUT2D eigenvalue weighted by atomic mass is 10.1. The van der Waals surface area contributed by atoms with Crippen molar-refractivity contribution < 1.29 is 19.6 Å². The average Bonchev–Trinajstić information content (AvgIpc) is 3.29. The molecule has 0 aliphatic carbocycles. The Labute approximate surface area is 180 Å². The number of hydrogen-bond donors (Lipinski definition) is 1. The molecule has 0 fully saturated rings. The van der Waals surface area contributed by atoms with E-state index in [0.29, 0.717) is 16.9 Å². The number of aromatic nitrogens is 2. The van der Waals surface area contributed by atoms with Crippen LogP contribution in [0.25, 0.3) is 22.1 Å². The number of nitrogens with zero attached hydrogens (tertiary/aromatic N) is 1. The SMILES string of the molecule is O=C(O)c1ccc(COc2ccc(/C=c3\sc4[nH+]c5ccccc5n4c3=O)cc2)cc1. The number of carbonyl (C=O) groups is 1. The summed E-state index contributed by atoms with van der Waals surface area (Å²) >= 11 is 1.43. The monoisotopic (exact) mass is 429 g/mol. The van der Waals surface area contributed by atoms with Crippen LogP contribution < -0.4 is 19.8 Å². The molecule has 0 spiro atoms. The van der Waals surface area contributed by atoms with Crippen LogP contribution in [0.15, 0.2) is 77.6 Å². The number of hydrogen-bond acceptors (Lipinski definition) is 4. The number of rotatable bonds is 5. The van der Waals surface area contributed by atoms with E-state index in [4.69, 9.17) is 9.84 Å². The molecule has 2 aromatic heterocycles. The highest BCUT2D eigenvalue weighted by molar-refractivity contribution is 7.14. The Morgan fingerprint density at radius 2 is 1.77 bits per heavy atom. The first-order chi connectivity index (χ1) is 15.1. The Kier molecular flexibility index (Phi) is 4.72. The van der Waals surface area contributed by atoms with E-state index in [1.54, 1.807) is 28.7 Å². The second-order valence-electron chi connectivity index (χ2n) is 7.06. The standard InChI is InChI=1S/C24H16N2O4S/c27-22-21(31-24-25-19-3-1-2-4-20(19)26(22)24)13-15-7-11-18(12-8-15)30-14-16-5-9-17(10-6-16)23(28)29/h1-13H,14H2,(H,28,29)/p+1/b21-13-. The van der Waals surface area contributed by atoms with Crippen LogP contribution in [0, 0.1) is 0 Å². The van der Waals surface area contributed by atoms with E-state index in [-0.39, 0.29) is 11.1 Å². The molecular weight excluding hydrogens is 412 g/mol. The first-order valence-corrected chi connectivity index (χ1v) is 10.4. The molecule has 0 saturated carbocycles. The van der Waals surface area contributed by atoms with Gasteiger partial charge in [0.05, 0.1) is 5.56 Å². The van der Waals surface area contributed by atoms with Gasteiger partial charge in [0, 0.05) is 0 Å². The fraction of sp³-hybridized carbons (Fsp3) is 0.0417. The first-order valence-electron chi connectivity index (χ1n) is 9.60. The highest BCUT2D eigenvalue weighted by Crippen LogP contribution is 2.16. The van der Waals surface area contributed by atoms with Gasteiger partial charge in [-0.2, -0.15) is 0 Å². The number of aromatic amines is 1. The molecule has 2 N–H and O–H groups in total. The highest BCUT2D eigenvalue weighted by atomic mass is 32.1. The molecule has 5 rings (SSSR count). The Morgan fingerprint density at radius 1 is 1.03 bits per heavy atom. The van der Waals surface area contributed by atoms with Gasteiger partial charge in [0.2, 0.25) is 0 Å². The molecule has 0 unspecified atom stereocenters. The minimum Gasteiger partial charge on any atom is -0.489 e. The summed E-state index contributed by atoms with van der Waals surface area (Å²) in [6, 6.07) is 21.8. The third-order valence-corrected chi connectivity index (χ3v) is 5.98. The fourth-order valence-corrected chi connectivity index (χ4v) is 4.41. The second-order valence-corrected chi connectivity index (χ2v) is 8.09. The van der Waals surface area contributed by atoms with Gasteiger partial charge in [0.15, 0.2) is 11.0 Å². The molecule has 0 aliphatic rings. The zero-order valence-electron chi connectivity index (χ0n) is 16.2. The molecule has 0 bridgehead atoms. The van der Waals surface area contributed by atoms with Gasteiger partial charge < -0.3 is 9.84 Å². The maximum absolute atomic E-state index is 12.9. The smallest absolute Gasteiger partial charge is 0.357 e. The average molecular weight is 429 g/mol. The summed E-state index contributed by atoms with van der Waals surface area (Å²) in [5.41, 5.74) is 3.81. The number of benzene rings is 3. The molecule has 0 aliphatic heterocycles. The molecule has 5 aromatic rings. The number of nitrogens with one attached hydrogen (secondary N) is 1. The van der Waals surface area contributed by atoms with E-state index in [9.17, 15) is 9.59 Å². The van der Waals surface area contributed by atoms with Crippen LogP contribution in [0.2, 0.25) is 0 Å². The molecule has 7 heteroatoms. The maximum Gasteiger partial charge on any atom is 0.357 e. The largest absolute Gasteiger partial charge is 0.489 e. The molecule has 2 heterocycles. The third-order valence-electron chi connectivity index (χ3n) is 4.99. The first kappa shape index (κ1) is 19.0. The van der Waals surface area contributed by atoms with Crippen LogP contribution in [-0.4, -0.2) is 15.5 Å². The van der Waals surface area contributed by atoms with Crippen molar-refractivity contribution in [2.45, 2.75) is 6.61 Å². The number of carboxylic acids is 1. The number of ether oxygens (including phenoxy) is 1. The second kappa shape index (κ2) is 7.70. The zero-order chi connectivity index (χ0) is 21.4. The summed E-state index contributed by atoms with van der Waals surface area (Å²) < 4.78 is 8.14. The van der Waals surface area contributed by atoms with Gasteiger partial charge in [-0.3, -0.25) is 0 Å². The number of thiazole rings is 1. The highest BCUT2D eigenvalue weighted by Gasteiger charge is 2.17. The zero-order valence-corrected chi connectivity index (χ0v) is 17.1. The van der Waals surface area contributed by atoms with Crippen molar-refractivity contribution in [1.82, 2.24) is 4.40 Å². The molecule has 0 saturated heterocycles. The predicted molar refractivity (Wildman–Crippen MR) is 119 cm³/mol. The third kappa shape index (κ3) is 3.67. The summed E-state index contributed by atoms with van der Waals surface area (Å²) in [6.07, 6.45) is 1.87. The minimum absolute atomic E-state index is 0.0393. The molecule has 31 heavy (non-hydrogen) atoms. The summed E-state index contributed by atoms with van der Waals surface area (Å²) in [7, 11) is 0. The van der Waals surface area contributed by atoms with Gasteiger partial charge in [-0.05, 0) is 64.9 Å². The maximum atomic E-state index is 12.9. The quantitative estimate of drug-likeness (QED) is 0.465. The fourth-order valence-electron chi connectivity index (χ4n) is 3.40. The molecule has 0 amide bonds. The van der Waals surface area contributed by atoms with Crippen LogP contribution in [0.3, 0.4) is 0 Å². The van der Waals surface area contributed by atoms with E-state index < -0.39 is 5.97 Å². The Morgan fingerprint density at radius 3 is 2.52 bits per heavy atom. The summed E-state index contributed by atoms with van der Waals surface area (Å²) in [5, 5.41) is 8.95. The number of fused-ring (bicyclic) bond motifs is 3. The van der Waals surface area contributed by atoms with Gasteiger partial charge in [-0.25, -0.2) is 14.6 Å². The lowest BCUT2D eigenvalue weighted by Crippen LogP contribution is -2.22. The normalized spacial score (nSPS) is 11.9. The van der Waals surface area contributed by atoms with Crippen LogP contribution >= 0.6 is 11.3 Å². The van der Waals surface area contributed by atoms with E-state index in [1.807, 2.05) is 54.6 Å². The van der Waals surface area contributed by atoms with Crippen LogP contribution in [-0.2, 0) is 6.61 Å². The molecule has 0 atom stereocenters. The van der Waals surface area contributed by atoms with Crippen LogP contribution in [0.4, 0.5) is 0 Å². The van der Waals surface area contributed by atoms with Crippen molar-refractivity contribution in [2.75, 3.05) is 0 Å². The van der Waals surface area contributed by atoms with Gasteiger partial charge in [0.25, 0.3) is 0 Å². The van der Waals surface area contributed by atoms with Gasteiger partial charge >= 0.3 is 16.5 Å². The van der Waals surface area contributed by atoms with E-state index in [1.165, 1.54) is 11.3 Å². The molecule has 0 radical (unpaired) electrons. The molecule has 152 valence electrons. The minimum atomic E-state index is -0.949.